The molecule has 2 aromatic heterocycles. The van der Waals surface area contributed by atoms with Crippen molar-refractivity contribution in [2.24, 2.45) is 0 Å². The van der Waals surface area contributed by atoms with Crippen molar-refractivity contribution >= 4 is 39.5 Å². The number of ketones is 1. The number of carbonyl (C=O) groups excluding carboxylic acids is 1. The van der Waals surface area contributed by atoms with Crippen molar-refractivity contribution in [1.29, 1.82) is 0 Å². The van der Waals surface area contributed by atoms with Crippen LogP contribution in [-0.2, 0) is 0 Å². The van der Waals surface area contributed by atoms with E-state index in [0.29, 0.717) is 10.4 Å². The summed E-state index contributed by atoms with van der Waals surface area (Å²) in [6.45, 7) is 0. The van der Waals surface area contributed by atoms with Gasteiger partial charge in [0.15, 0.2) is 5.78 Å². The van der Waals surface area contributed by atoms with E-state index in [1.165, 1.54) is 23.5 Å². The first-order valence-corrected chi connectivity index (χ1v) is 6.41. The van der Waals surface area contributed by atoms with Crippen LogP contribution in [-0.4, -0.2) is 10.7 Å². The van der Waals surface area contributed by atoms with Crippen LogP contribution in [0.5, 0.6) is 0 Å². The predicted molar refractivity (Wildman–Crippen MR) is 68.7 cm³/mol. The lowest BCUT2D eigenvalue weighted by molar-refractivity contribution is -0.380. The minimum atomic E-state index is -0.441. The topological polar surface area (TPSA) is 60.2 Å². The van der Waals surface area contributed by atoms with Crippen LogP contribution in [0.1, 0.15) is 15.2 Å². The van der Waals surface area contributed by atoms with Gasteiger partial charge in [0.05, 0.1) is 9.80 Å². The molecule has 2 rings (SSSR count). The zero-order chi connectivity index (χ0) is 12.3. The van der Waals surface area contributed by atoms with Gasteiger partial charge in [-0.25, -0.2) is 0 Å². The fourth-order valence-corrected chi connectivity index (χ4v) is 2.53. The van der Waals surface area contributed by atoms with Crippen molar-refractivity contribution in [2.75, 3.05) is 0 Å². The Hall–Kier alpha value is -1.79. The summed E-state index contributed by atoms with van der Waals surface area (Å²) < 4.78 is 0. The van der Waals surface area contributed by atoms with Crippen LogP contribution in [0.2, 0.25) is 0 Å². The van der Waals surface area contributed by atoms with Gasteiger partial charge in [0.25, 0.3) is 0 Å². The van der Waals surface area contributed by atoms with Gasteiger partial charge in [-0.05, 0) is 29.2 Å². The minimum Gasteiger partial charge on any atom is -0.288 e. The van der Waals surface area contributed by atoms with Crippen LogP contribution >= 0.6 is 22.7 Å². The van der Waals surface area contributed by atoms with Crippen molar-refractivity contribution in [3.8, 4) is 0 Å². The highest BCUT2D eigenvalue weighted by Gasteiger charge is 2.08. The molecule has 0 fully saturated rings. The highest BCUT2D eigenvalue weighted by atomic mass is 32.1. The monoisotopic (exact) mass is 265 g/mol. The largest absolute Gasteiger partial charge is 0.324 e. The SMILES string of the molecule is O=C(C=Cc1csc([N+](=O)[O-])c1)c1cccs1. The fourth-order valence-electron chi connectivity index (χ4n) is 1.19. The lowest BCUT2D eigenvalue weighted by Gasteiger charge is -1.86. The fraction of sp³-hybridized carbons (Fsp3) is 0. The average molecular weight is 265 g/mol. The highest BCUT2D eigenvalue weighted by Crippen LogP contribution is 2.23. The molecule has 0 amide bonds. The minimum absolute atomic E-state index is 0.0771. The second-order valence-corrected chi connectivity index (χ2v) is 4.99. The Morgan fingerprint density at radius 3 is 2.82 bits per heavy atom. The van der Waals surface area contributed by atoms with Gasteiger partial charge in [0.2, 0.25) is 0 Å². The van der Waals surface area contributed by atoms with Crippen molar-refractivity contribution in [3.05, 3.63) is 55.6 Å². The van der Waals surface area contributed by atoms with Crippen molar-refractivity contribution < 1.29 is 9.72 Å². The van der Waals surface area contributed by atoms with Crippen molar-refractivity contribution in [3.63, 3.8) is 0 Å². The van der Waals surface area contributed by atoms with Crippen LogP contribution in [0.25, 0.3) is 6.08 Å². The van der Waals surface area contributed by atoms with Gasteiger partial charge < -0.3 is 0 Å². The molecule has 0 radical (unpaired) electrons. The summed E-state index contributed by atoms with van der Waals surface area (Å²) in [6.07, 6.45) is 3.02. The van der Waals surface area contributed by atoms with Gasteiger partial charge in [-0.3, -0.25) is 14.9 Å². The maximum absolute atomic E-state index is 11.6. The molecule has 0 atom stereocenters. The number of hydrogen-bond acceptors (Lipinski definition) is 5. The van der Waals surface area contributed by atoms with Gasteiger partial charge in [-0.1, -0.05) is 17.4 Å². The predicted octanol–water partition coefficient (Wildman–Crippen LogP) is 3.61. The van der Waals surface area contributed by atoms with Crippen LogP contribution < -0.4 is 0 Å². The van der Waals surface area contributed by atoms with E-state index in [4.69, 9.17) is 0 Å². The third kappa shape index (κ3) is 2.86. The highest BCUT2D eigenvalue weighted by molar-refractivity contribution is 7.13. The maximum Gasteiger partial charge on any atom is 0.324 e. The number of thiophene rings is 2. The molecule has 0 saturated heterocycles. The number of nitro groups is 1. The number of hydrogen-bond donors (Lipinski definition) is 0. The van der Waals surface area contributed by atoms with E-state index in [9.17, 15) is 14.9 Å². The molecular formula is C11H7NO3S2. The van der Waals surface area contributed by atoms with Crippen molar-refractivity contribution in [1.82, 2.24) is 0 Å². The Bertz CT molecular complexity index is 569. The summed E-state index contributed by atoms with van der Waals surface area (Å²) in [5.41, 5.74) is 0.673. The molecular weight excluding hydrogens is 258 g/mol. The molecule has 4 nitrogen and oxygen atoms in total. The molecule has 2 aromatic rings. The molecule has 6 heteroatoms. The second kappa shape index (κ2) is 5.03. The van der Waals surface area contributed by atoms with E-state index in [1.54, 1.807) is 23.6 Å². The summed E-state index contributed by atoms with van der Waals surface area (Å²) in [5, 5.41) is 14.0. The van der Waals surface area contributed by atoms with E-state index in [1.807, 2.05) is 5.38 Å². The standard InChI is InChI=1S/C11H7NO3S2/c13-9(10-2-1-5-16-10)4-3-8-6-11(12(14)15)17-7-8/h1-7H. The molecule has 0 aliphatic rings. The van der Waals surface area contributed by atoms with Gasteiger partial charge in [0, 0.05) is 11.4 Å². The molecule has 0 N–H and O–H groups in total. The first-order chi connectivity index (χ1) is 8.16. The Labute approximate surface area is 105 Å². The summed E-state index contributed by atoms with van der Waals surface area (Å²) in [6, 6.07) is 5.00. The van der Waals surface area contributed by atoms with Crippen LogP contribution in [0, 0.1) is 10.1 Å². The molecule has 2 heterocycles. The lowest BCUT2D eigenvalue weighted by Crippen LogP contribution is -1.88. The Morgan fingerprint density at radius 2 is 2.24 bits per heavy atom. The van der Waals surface area contributed by atoms with E-state index < -0.39 is 4.92 Å². The molecule has 17 heavy (non-hydrogen) atoms. The molecule has 86 valence electrons. The Morgan fingerprint density at radius 1 is 1.41 bits per heavy atom. The second-order valence-electron chi connectivity index (χ2n) is 3.15. The van der Waals surface area contributed by atoms with Crippen LogP contribution in [0.4, 0.5) is 5.00 Å². The van der Waals surface area contributed by atoms with Crippen LogP contribution in [0.15, 0.2) is 35.0 Å². The molecule has 0 bridgehead atoms. The van der Waals surface area contributed by atoms with Gasteiger partial charge in [-0.2, -0.15) is 0 Å². The summed E-state index contributed by atoms with van der Waals surface area (Å²) in [5.74, 6) is -0.0890. The summed E-state index contributed by atoms with van der Waals surface area (Å²) >= 11 is 2.42. The summed E-state index contributed by atoms with van der Waals surface area (Å²) in [4.78, 5) is 22.3. The zero-order valence-electron chi connectivity index (χ0n) is 8.53. The third-order valence-corrected chi connectivity index (χ3v) is 3.76. The van der Waals surface area contributed by atoms with E-state index >= 15 is 0 Å². The molecule has 0 spiro atoms. The van der Waals surface area contributed by atoms with Crippen LogP contribution in [0.3, 0.4) is 0 Å². The number of allylic oxidation sites excluding steroid dienone is 1. The Kier molecular flexibility index (Phi) is 3.46. The smallest absolute Gasteiger partial charge is 0.288 e. The first kappa shape index (κ1) is 11.7. The number of nitrogens with zero attached hydrogens (tertiary/aromatic N) is 1. The van der Waals surface area contributed by atoms with E-state index in [0.717, 1.165) is 11.3 Å². The average Bonchev–Trinajstić information content (AvgIpc) is 2.97. The van der Waals surface area contributed by atoms with E-state index in [2.05, 4.69) is 0 Å². The van der Waals surface area contributed by atoms with Crippen molar-refractivity contribution in [2.45, 2.75) is 0 Å². The zero-order valence-corrected chi connectivity index (χ0v) is 10.2. The maximum atomic E-state index is 11.6. The molecule has 0 aromatic carbocycles. The third-order valence-electron chi connectivity index (χ3n) is 1.98. The molecule has 0 aliphatic carbocycles. The Balaban J connectivity index is 2.10. The quantitative estimate of drug-likeness (QED) is 0.367. The normalized spacial score (nSPS) is 10.8. The van der Waals surface area contributed by atoms with Gasteiger partial charge >= 0.3 is 5.00 Å². The first-order valence-electron chi connectivity index (χ1n) is 4.65. The number of carbonyl (C=O) groups is 1. The number of rotatable bonds is 4. The molecule has 0 saturated carbocycles. The lowest BCUT2D eigenvalue weighted by atomic mass is 10.2. The van der Waals surface area contributed by atoms with Gasteiger partial charge in [-0.15, -0.1) is 11.3 Å². The molecule has 0 aliphatic heterocycles. The summed E-state index contributed by atoms with van der Waals surface area (Å²) in [7, 11) is 0. The van der Waals surface area contributed by atoms with Gasteiger partial charge in [0.1, 0.15) is 0 Å². The van der Waals surface area contributed by atoms with E-state index in [-0.39, 0.29) is 10.8 Å². The molecule has 0 unspecified atom stereocenters.